The Morgan fingerprint density at radius 2 is 2.18 bits per heavy atom. The van der Waals surface area contributed by atoms with Crippen molar-refractivity contribution >= 4 is 11.7 Å². The highest BCUT2D eigenvalue weighted by atomic mass is 19.1. The fraction of sp³-hybridized carbons (Fsp3) is 0.320. The Hall–Kier alpha value is -3.40. The molecule has 5 rings (SSSR count). The molecule has 1 atom stereocenters. The number of fused-ring (bicyclic) bond motifs is 1. The van der Waals surface area contributed by atoms with Gasteiger partial charge in [0.25, 0.3) is 5.91 Å². The predicted molar refractivity (Wildman–Crippen MR) is 125 cm³/mol. The van der Waals surface area contributed by atoms with Crippen LogP contribution in [0.3, 0.4) is 0 Å². The number of nitrogens with one attached hydrogen (secondary N) is 2. The monoisotopic (exact) mass is 463 g/mol. The minimum atomic E-state index is -0.453. The van der Waals surface area contributed by atoms with E-state index >= 15 is 0 Å². The first-order valence-corrected chi connectivity index (χ1v) is 11.2. The first-order chi connectivity index (χ1) is 16.6. The number of amides is 1. The number of rotatable bonds is 6. The lowest BCUT2D eigenvalue weighted by atomic mass is 10.0. The molecule has 2 N–H and O–H groups in total. The summed E-state index contributed by atoms with van der Waals surface area (Å²) in [6.45, 7) is 2.96. The molecule has 0 aliphatic carbocycles. The van der Waals surface area contributed by atoms with Crippen LogP contribution in [0.2, 0.25) is 0 Å². The molecule has 176 valence electrons. The largest absolute Gasteiger partial charge is 0.496 e. The summed E-state index contributed by atoms with van der Waals surface area (Å²) < 4.78 is 26.1. The number of carbonyl (C=O) groups is 1. The van der Waals surface area contributed by atoms with Crippen molar-refractivity contribution in [1.82, 2.24) is 20.6 Å². The molecular formula is C25H26FN5O3. The molecule has 34 heavy (non-hydrogen) atoms. The van der Waals surface area contributed by atoms with Crippen LogP contribution in [0.25, 0.3) is 11.3 Å². The van der Waals surface area contributed by atoms with Gasteiger partial charge in [0, 0.05) is 42.5 Å². The Morgan fingerprint density at radius 1 is 1.29 bits per heavy atom. The highest BCUT2D eigenvalue weighted by molar-refractivity contribution is 6.10. The molecular weight excluding hydrogens is 437 g/mol. The fourth-order valence-corrected chi connectivity index (χ4v) is 4.55. The molecule has 1 amide bonds. The number of methoxy groups -OCH3 is 1. The van der Waals surface area contributed by atoms with Crippen molar-refractivity contribution in [3.05, 3.63) is 70.8 Å². The highest BCUT2D eigenvalue weighted by Crippen LogP contribution is 2.38. The van der Waals surface area contributed by atoms with Crippen LogP contribution in [0.4, 0.5) is 10.2 Å². The maximum absolute atomic E-state index is 14.8. The van der Waals surface area contributed by atoms with E-state index in [-0.39, 0.29) is 24.1 Å². The second-order valence-electron chi connectivity index (χ2n) is 8.19. The number of aromatic nitrogens is 2. The third kappa shape index (κ3) is 3.91. The van der Waals surface area contributed by atoms with Crippen LogP contribution in [0.1, 0.15) is 33.3 Å². The van der Waals surface area contributed by atoms with Gasteiger partial charge < -0.3 is 20.1 Å². The summed E-state index contributed by atoms with van der Waals surface area (Å²) in [5, 5.41) is 6.49. The van der Waals surface area contributed by atoms with Gasteiger partial charge in [0.2, 0.25) is 0 Å². The number of anilines is 1. The predicted octanol–water partition coefficient (Wildman–Crippen LogP) is 2.83. The van der Waals surface area contributed by atoms with E-state index in [1.165, 1.54) is 19.4 Å². The van der Waals surface area contributed by atoms with Crippen LogP contribution in [0.5, 0.6) is 5.75 Å². The van der Waals surface area contributed by atoms with Crippen LogP contribution in [0, 0.1) is 5.82 Å². The van der Waals surface area contributed by atoms with E-state index in [9.17, 15) is 9.18 Å². The molecule has 0 radical (unpaired) electrons. The normalized spacial score (nSPS) is 17.7. The van der Waals surface area contributed by atoms with Crippen LogP contribution in [-0.4, -0.2) is 49.7 Å². The summed E-state index contributed by atoms with van der Waals surface area (Å²) in [5.74, 6) is 0.253. The zero-order valence-electron chi connectivity index (χ0n) is 19.1. The van der Waals surface area contributed by atoms with Crippen molar-refractivity contribution in [2.75, 3.05) is 38.8 Å². The molecule has 1 aromatic carbocycles. The zero-order valence-corrected chi connectivity index (χ0v) is 19.1. The molecule has 1 unspecified atom stereocenters. The lowest BCUT2D eigenvalue weighted by molar-refractivity contribution is 0.0269. The Kier molecular flexibility index (Phi) is 6.23. The van der Waals surface area contributed by atoms with Crippen LogP contribution < -0.4 is 20.3 Å². The molecule has 0 spiro atoms. The second-order valence-corrected chi connectivity index (χ2v) is 8.19. The summed E-state index contributed by atoms with van der Waals surface area (Å²) in [6, 6.07) is 10.1. The van der Waals surface area contributed by atoms with Crippen molar-refractivity contribution in [2.45, 2.75) is 19.2 Å². The molecule has 1 saturated heterocycles. The molecule has 3 aromatic rings. The third-order valence-corrected chi connectivity index (χ3v) is 6.17. The van der Waals surface area contributed by atoms with Gasteiger partial charge in [-0.2, -0.15) is 0 Å². The number of nitrogens with zero attached hydrogens (tertiary/aromatic N) is 3. The topological polar surface area (TPSA) is 88.6 Å². The standard InChI is InChI=1S/C25H26FN5O3/c1-27-12-19-16(21-13-28-10-11-34-21)6-7-22(30-19)31-14-17-15(25(31)32)8-9-29-24(17)23-18(26)4-3-5-20(23)33-2/h3-9,21,27-28H,10-14H2,1-2H3. The highest BCUT2D eigenvalue weighted by Gasteiger charge is 2.34. The van der Waals surface area contributed by atoms with Gasteiger partial charge in [0.15, 0.2) is 0 Å². The maximum Gasteiger partial charge on any atom is 0.260 e. The molecule has 2 aliphatic rings. The van der Waals surface area contributed by atoms with Crippen molar-refractivity contribution in [1.29, 1.82) is 0 Å². The number of ether oxygens (including phenoxy) is 2. The molecule has 8 nitrogen and oxygen atoms in total. The third-order valence-electron chi connectivity index (χ3n) is 6.17. The van der Waals surface area contributed by atoms with Gasteiger partial charge >= 0.3 is 0 Å². The SMILES string of the molecule is CNCc1nc(N2Cc3c(ccnc3-c3c(F)cccc3OC)C2=O)ccc1C1CNCCO1. The second kappa shape index (κ2) is 9.46. The number of hydrogen-bond donors (Lipinski definition) is 2. The molecule has 0 bridgehead atoms. The molecule has 0 saturated carbocycles. The zero-order chi connectivity index (χ0) is 23.7. The van der Waals surface area contributed by atoms with Crippen molar-refractivity contribution < 1.29 is 18.7 Å². The number of carbonyl (C=O) groups excluding carboxylic acids is 1. The molecule has 2 aromatic heterocycles. The minimum Gasteiger partial charge on any atom is -0.496 e. The van der Waals surface area contributed by atoms with E-state index in [4.69, 9.17) is 14.5 Å². The van der Waals surface area contributed by atoms with E-state index in [1.54, 1.807) is 23.1 Å². The van der Waals surface area contributed by atoms with Crippen molar-refractivity contribution in [2.24, 2.45) is 0 Å². The van der Waals surface area contributed by atoms with Gasteiger partial charge in [-0.25, -0.2) is 9.37 Å². The molecule has 4 heterocycles. The van der Waals surface area contributed by atoms with Crippen LogP contribution >= 0.6 is 0 Å². The molecule has 9 heteroatoms. The van der Waals surface area contributed by atoms with E-state index in [1.807, 2.05) is 19.2 Å². The van der Waals surface area contributed by atoms with Crippen LogP contribution in [0.15, 0.2) is 42.6 Å². The smallest absolute Gasteiger partial charge is 0.260 e. The average Bonchev–Trinajstić information content (AvgIpc) is 3.21. The van der Waals surface area contributed by atoms with Gasteiger partial charge in [-0.3, -0.25) is 14.7 Å². The van der Waals surface area contributed by atoms with E-state index in [2.05, 4.69) is 15.6 Å². The summed E-state index contributed by atoms with van der Waals surface area (Å²) in [7, 11) is 3.34. The van der Waals surface area contributed by atoms with E-state index < -0.39 is 5.82 Å². The number of halogens is 1. The summed E-state index contributed by atoms with van der Waals surface area (Å²) in [5.41, 5.74) is 3.60. The fourth-order valence-electron chi connectivity index (χ4n) is 4.55. The van der Waals surface area contributed by atoms with Crippen LogP contribution in [-0.2, 0) is 17.8 Å². The quantitative estimate of drug-likeness (QED) is 0.581. The summed E-state index contributed by atoms with van der Waals surface area (Å²) >= 11 is 0. The number of pyridine rings is 2. The number of benzene rings is 1. The average molecular weight is 464 g/mol. The Balaban J connectivity index is 1.52. The van der Waals surface area contributed by atoms with Gasteiger partial charge in [-0.15, -0.1) is 0 Å². The maximum atomic E-state index is 14.8. The van der Waals surface area contributed by atoms with Crippen molar-refractivity contribution in [3.63, 3.8) is 0 Å². The Labute approximate surface area is 197 Å². The lowest BCUT2D eigenvalue weighted by Gasteiger charge is -2.26. The minimum absolute atomic E-state index is 0.0885. The van der Waals surface area contributed by atoms with Gasteiger partial charge in [-0.1, -0.05) is 12.1 Å². The lowest BCUT2D eigenvalue weighted by Crippen LogP contribution is -2.34. The van der Waals surface area contributed by atoms with E-state index in [0.29, 0.717) is 48.1 Å². The molecule has 2 aliphatic heterocycles. The van der Waals surface area contributed by atoms with E-state index in [0.717, 1.165) is 17.8 Å². The molecule has 1 fully saturated rings. The Morgan fingerprint density at radius 3 is 2.94 bits per heavy atom. The first kappa shape index (κ1) is 22.4. The van der Waals surface area contributed by atoms with Crippen molar-refractivity contribution in [3.8, 4) is 17.0 Å². The van der Waals surface area contributed by atoms with Gasteiger partial charge in [0.1, 0.15) is 17.4 Å². The van der Waals surface area contributed by atoms with Gasteiger partial charge in [0.05, 0.1) is 43.3 Å². The number of morpholine rings is 1. The summed E-state index contributed by atoms with van der Waals surface area (Å²) in [4.78, 5) is 24.2. The van der Waals surface area contributed by atoms with Gasteiger partial charge in [-0.05, 0) is 31.3 Å². The number of hydrogen-bond acceptors (Lipinski definition) is 7. The Bertz CT molecular complexity index is 1230. The first-order valence-electron chi connectivity index (χ1n) is 11.2. The summed E-state index contributed by atoms with van der Waals surface area (Å²) in [6.07, 6.45) is 1.44.